The lowest BCUT2D eigenvalue weighted by atomic mass is 10.2. The van der Waals surface area contributed by atoms with Crippen molar-refractivity contribution in [2.75, 3.05) is 5.32 Å². The predicted molar refractivity (Wildman–Crippen MR) is 70.3 cm³/mol. The number of nitrogens with one attached hydrogen (secondary N) is 1. The van der Waals surface area contributed by atoms with Crippen LogP contribution >= 0.6 is 22.9 Å². The molecule has 86 valence electrons. The van der Waals surface area contributed by atoms with Gasteiger partial charge >= 0.3 is 0 Å². The molecule has 0 radical (unpaired) electrons. The molecule has 1 N–H and O–H groups in total. The van der Waals surface area contributed by atoms with Crippen molar-refractivity contribution in [1.29, 1.82) is 5.26 Å². The van der Waals surface area contributed by atoms with Crippen LogP contribution in [0.2, 0.25) is 5.02 Å². The molecule has 2 aromatic rings. The Hall–Kier alpha value is -1.57. The van der Waals surface area contributed by atoms with Gasteiger partial charge in [-0.05, 0) is 25.1 Å². The molecule has 1 aromatic carbocycles. The fourth-order valence-corrected chi connectivity index (χ4v) is 2.32. The van der Waals surface area contributed by atoms with E-state index in [1.165, 1.54) is 4.88 Å². The lowest BCUT2D eigenvalue weighted by molar-refractivity contribution is 1.12. The van der Waals surface area contributed by atoms with Crippen LogP contribution in [-0.2, 0) is 6.54 Å². The first-order valence-electron chi connectivity index (χ1n) is 5.03. The molecule has 0 bridgehead atoms. The van der Waals surface area contributed by atoms with E-state index >= 15 is 0 Å². The van der Waals surface area contributed by atoms with E-state index in [1.807, 2.05) is 18.5 Å². The fraction of sp³-hybridized carbons (Fsp3) is 0.167. The van der Waals surface area contributed by atoms with Crippen LogP contribution in [0.5, 0.6) is 0 Å². The molecule has 1 aromatic heterocycles. The molecule has 0 amide bonds. The van der Waals surface area contributed by atoms with Gasteiger partial charge in [0.2, 0.25) is 0 Å². The first-order valence-corrected chi connectivity index (χ1v) is 6.29. The minimum Gasteiger partial charge on any atom is -0.379 e. The second kappa shape index (κ2) is 5.17. The topological polar surface area (TPSA) is 48.7 Å². The number of thiazole rings is 1. The monoisotopic (exact) mass is 263 g/mol. The van der Waals surface area contributed by atoms with E-state index in [-0.39, 0.29) is 0 Å². The molecule has 0 aliphatic carbocycles. The van der Waals surface area contributed by atoms with Crippen molar-refractivity contribution in [2.24, 2.45) is 0 Å². The van der Waals surface area contributed by atoms with Crippen molar-refractivity contribution in [2.45, 2.75) is 13.5 Å². The van der Waals surface area contributed by atoms with E-state index in [0.29, 0.717) is 17.1 Å². The Bertz CT molecular complexity index is 571. The van der Waals surface area contributed by atoms with Gasteiger partial charge in [-0.25, -0.2) is 4.98 Å². The van der Waals surface area contributed by atoms with Gasteiger partial charge < -0.3 is 5.32 Å². The number of hydrogen-bond acceptors (Lipinski definition) is 4. The number of anilines is 1. The molecule has 3 nitrogen and oxygen atoms in total. The summed E-state index contributed by atoms with van der Waals surface area (Å²) in [5.41, 5.74) is 4.19. The zero-order valence-electron chi connectivity index (χ0n) is 9.20. The Labute approximate surface area is 109 Å². The van der Waals surface area contributed by atoms with Gasteiger partial charge in [-0.3, -0.25) is 0 Å². The van der Waals surface area contributed by atoms with Gasteiger partial charge in [0.1, 0.15) is 6.07 Å². The molecule has 0 aliphatic rings. The molecule has 0 atom stereocenters. The van der Waals surface area contributed by atoms with E-state index in [4.69, 9.17) is 16.9 Å². The Morgan fingerprint density at radius 2 is 2.35 bits per heavy atom. The van der Waals surface area contributed by atoms with E-state index in [1.54, 1.807) is 23.5 Å². The van der Waals surface area contributed by atoms with Crippen molar-refractivity contribution in [3.63, 3.8) is 0 Å². The third-order valence-corrected chi connectivity index (χ3v) is 3.56. The van der Waals surface area contributed by atoms with E-state index in [0.717, 1.165) is 11.4 Å². The minimum atomic E-state index is 0.555. The van der Waals surface area contributed by atoms with Gasteiger partial charge in [0.15, 0.2) is 0 Å². The van der Waals surface area contributed by atoms with Crippen molar-refractivity contribution in [3.05, 3.63) is 44.9 Å². The van der Waals surface area contributed by atoms with Crippen LogP contribution in [0, 0.1) is 18.3 Å². The summed E-state index contributed by atoms with van der Waals surface area (Å²) < 4.78 is 0. The van der Waals surface area contributed by atoms with E-state index in [9.17, 15) is 0 Å². The lowest BCUT2D eigenvalue weighted by Gasteiger charge is -2.07. The summed E-state index contributed by atoms with van der Waals surface area (Å²) in [6.45, 7) is 2.65. The molecule has 17 heavy (non-hydrogen) atoms. The molecule has 2 rings (SSSR count). The molecule has 1 heterocycles. The molecule has 0 saturated heterocycles. The average molecular weight is 264 g/mol. The Morgan fingerprint density at radius 1 is 1.53 bits per heavy atom. The third kappa shape index (κ3) is 2.76. The average Bonchev–Trinajstić information content (AvgIpc) is 2.73. The summed E-state index contributed by atoms with van der Waals surface area (Å²) in [5.74, 6) is 0. The van der Waals surface area contributed by atoms with Crippen LogP contribution in [0.4, 0.5) is 5.69 Å². The number of rotatable bonds is 3. The SMILES string of the molecule is Cc1ncsc1CNc1ccc(Cl)cc1C#N. The normalized spacial score (nSPS) is 9.94. The Morgan fingerprint density at radius 3 is 3.00 bits per heavy atom. The van der Waals surface area contributed by atoms with E-state index in [2.05, 4.69) is 16.4 Å². The number of aromatic nitrogens is 1. The molecule has 0 aliphatic heterocycles. The lowest BCUT2D eigenvalue weighted by Crippen LogP contribution is -2.01. The highest BCUT2D eigenvalue weighted by Crippen LogP contribution is 2.21. The van der Waals surface area contributed by atoms with Crippen molar-refractivity contribution in [3.8, 4) is 6.07 Å². The predicted octanol–water partition coefficient (Wildman–Crippen LogP) is 3.59. The maximum Gasteiger partial charge on any atom is 0.101 e. The van der Waals surface area contributed by atoms with Crippen molar-refractivity contribution < 1.29 is 0 Å². The minimum absolute atomic E-state index is 0.555. The molecule has 5 heteroatoms. The van der Waals surface area contributed by atoms with Crippen molar-refractivity contribution >= 4 is 28.6 Å². The number of halogens is 1. The second-order valence-corrected chi connectivity index (χ2v) is 4.89. The quantitative estimate of drug-likeness (QED) is 0.921. The number of hydrogen-bond donors (Lipinski definition) is 1. The van der Waals surface area contributed by atoms with Gasteiger partial charge in [0.25, 0.3) is 0 Å². The summed E-state index contributed by atoms with van der Waals surface area (Å²) in [6.07, 6.45) is 0. The highest BCUT2D eigenvalue weighted by atomic mass is 35.5. The molecular formula is C12H10ClN3S. The van der Waals surface area contributed by atoms with Crippen molar-refractivity contribution in [1.82, 2.24) is 4.98 Å². The maximum absolute atomic E-state index is 9.00. The largest absolute Gasteiger partial charge is 0.379 e. The highest BCUT2D eigenvalue weighted by Gasteiger charge is 2.05. The first kappa shape index (κ1) is 11.9. The fourth-order valence-electron chi connectivity index (χ4n) is 1.43. The van der Waals surface area contributed by atoms with Crippen LogP contribution in [0.1, 0.15) is 16.1 Å². The Balaban J connectivity index is 2.15. The standard InChI is InChI=1S/C12H10ClN3S/c1-8-12(17-7-16-8)6-15-11-3-2-10(13)4-9(11)5-14/h2-4,7,15H,6H2,1H3. The summed E-state index contributed by atoms with van der Waals surface area (Å²) in [7, 11) is 0. The van der Waals surface area contributed by atoms with Gasteiger partial charge in [-0.1, -0.05) is 11.6 Å². The highest BCUT2D eigenvalue weighted by molar-refractivity contribution is 7.09. The summed E-state index contributed by atoms with van der Waals surface area (Å²) in [4.78, 5) is 5.35. The molecule has 0 saturated carbocycles. The number of nitriles is 1. The van der Waals surface area contributed by atoms with Crippen LogP contribution in [0.25, 0.3) is 0 Å². The van der Waals surface area contributed by atoms with Gasteiger partial charge in [-0.2, -0.15) is 5.26 Å². The molecular weight excluding hydrogens is 254 g/mol. The maximum atomic E-state index is 9.00. The number of nitrogens with zero attached hydrogens (tertiary/aromatic N) is 2. The summed E-state index contributed by atoms with van der Waals surface area (Å²) in [5, 5.41) is 12.8. The van der Waals surface area contributed by atoms with Gasteiger partial charge in [0, 0.05) is 9.90 Å². The summed E-state index contributed by atoms with van der Waals surface area (Å²) in [6, 6.07) is 7.36. The third-order valence-electron chi connectivity index (χ3n) is 2.39. The second-order valence-electron chi connectivity index (χ2n) is 3.52. The summed E-state index contributed by atoms with van der Waals surface area (Å²) >= 11 is 7.44. The number of aryl methyl sites for hydroxylation is 1. The van der Waals surface area contributed by atoms with Crippen LogP contribution in [-0.4, -0.2) is 4.98 Å². The zero-order valence-corrected chi connectivity index (χ0v) is 10.8. The smallest absolute Gasteiger partial charge is 0.101 e. The first-order chi connectivity index (χ1) is 8.20. The number of benzene rings is 1. The van der Waals surface area contributed by atoms with Crippen LogP contribution in [0.3, 0.4) is 0 Å². The molecule has 0 unspecified atom stereocenters. The van der Waals surface area contributed by atoms with Gasteiger partial charge in [0.05, 0.1) is 29.0 Å². The zero-order chi connectivity index (χ0) is 12.3. The van der Waals surface area contributed by atoms with Crippen LogP contribution < -0.4 is 5.32 Å². The molecule has 0 fully saturated rings. The van der Waals surface area contributed by atoms with E-state index < -0.39 is 0 Å². The van der Waals surface area contributed by atoms with Crippen LogP contribution in [0.15, 0.2) is 23.7 Å². The molecule has 0 spiro atoms. The Kier molecular flexibility index (Phi) is 3.62. The van der Waals surface area contributed by atoms with Gasteiger partial charge in [-0.15, -0.1) is 11.3 Å².